The number of amides is 3. The summed E-state index contributed by atoms with van der Waals surface area (Å²) < 4.78 is 0. The topological polar surface area (TPSA) is 87.3 Å². The monoisotopic (exact) mass is 401 g/mol. The summed E-state index contributed by atoms with van der Waals surface area (Å²) in [7, 11) is 0. The van der Waals surface area contributed by atoms with Crippen molar-refractivity contribution in [2.24, 2.45) is 0 Å². The minimum absolute atomic E-state index is 0.146. The van der Waals surface area contributed by atoms with Gasteiger partial charge in [0.05, 0.1) is 6.42 Å². The second-order valence-electron chi connectivity index (χ2n) is 6.90. The Morgan fingerprint density at radius 3 is 2.07 bits per heavy atom. The van der Waals surface area contributed by atoms with Crippen molar-refractivity contribution in [1.82, 2.24) is 0 Å². The molecule has 6 nitrogen and oxygen atoms in total. The van der Waals surface area contributed by atoms with Crippen LogP contribution >= 0.6 is 0 Å². The zero-order valence-corrected chi connectivity index (χ0v) is 16.9. The lowest BCUT2D eigenvalue weighted by molar-refractivity contribution is -0.116. The molecule has 30 heavy (non-hydrogen) atoms. The summed E-state index contributed by atoms with van der Waals surface area (Å²) in [5.41, 5.74) is 3.99. The molecule has 0 fully saturated rings. The Hall–Kier alpha value is -3.93. The van der Waals surface area contributed by atoms with Crippen LogP contribution in [0.1, 0.15) is 28.4 Å². The van der Waals surface area contributed by atoms with Crippen LogP contribution in [0.5, 0.6) is 0 Å². The molecule has 0 aliphatic rings. The zero-order valence-electron chi connectivity index (χ0n) is 16.9. The highest BCUT2D eigenvalue weighted by Crippen LogP contribution is 2.21. The third-order valence-electron chi connectivity index (χ3n) is 4.52. The summed E-state index contributed by atoms with van der Waals surface area (Å²) in [5.74, 6) is -0.568. The standard InChI is InChI=1S/C24H23N3O3/c1-16-21(24(30)26-19-7-4-3-5-8-19)9-6-10-22(16)27-23(29)15-18-11-13-20(14-12-18)25-17(2)28/h3-14H,15H2,1-2H3,(H,25,28)(H,26,30)(H,27,29). The maximum absolute atomic E-state index is 12.6. The molecule has 152 valence electrons. The van der Waals surface area contributed by atoms with E-state index in [2.05, 4.69) is 16.0 Å². The van der Waals surface area contributed by atoms with Gasteiger partial charge in [0.25, 0.3) is 5.91 Å². The Morgan fingerprint density at radius 1 is 0.733 bits per heavy atom. The van der Waals surface area contributed by atoms with Crippen molar-refractivity contribution in [3.05, 3.63) is 89.5 Å². The predicted molar refractivity (Wildman–Crippen MR) is 119 cm³/mol. The molecule has 3 amide bonds. The van der Waals surface area contributed by atoms with Crippen molar-refractivity contribution in [2.45, 2.75) is 20.3 Å². The average Bonchev–Trinajstić information content (AvgIpc) is 2.71. The number of nitrogens with one attached hydrogen (secondary N) is 3. The SMILES string of the molecule is CC(=O)Nc1ccc(CC(=O)Nc2cccc(C(=O)Nc3ccccc3)c2C)cc1. The third-order valence-corrected chi connectivity index (χ3v) is 4.52. The summed E-state index contributed by atoms with van der Waals surface area (Å²) in [6.07, 6.45) is 0.181. The van der Waals surface area contributed by atoms with Crippen molar-refractivity contribution in [1.29, 1.82) is 0 Å². The molecule has 3 aromatic carbocycles. The number of para-hydroxylation sites is 1. The van der Waals surface area contributed by atoms with Gasteiger partial charge in [0.1, 0.15) is 0 Å². The summed E-state index contributed by atoms with van der Waals surface area (Å²) in [6, 6.07) is 21.5. The van der Waals surface area contributed by atoms with Gasteiger partial charge in [-0.2, -0.15) is 0 Å². The van der Waals surface area contributed by atoms with Gasteiger partial charge >= 0.3 is 0 Å². The molecule has 0 spiro atoms. The van der Waals surface area contributed by atoms with Crippen molar-refractivity contribution >= 4 is 34.8 Å². The Balaban J connectivity index is 1.66. The summed E-state index contributed by atoms with van der Waals surface area (Å²) >= 11 is 0. The first-order valence-electron chi connectivity index (χ1n) is 9.55. The molecule has 0 unspecified atom stereocenters. The van der Waals surface area contributed by atoms with E-state index in [9.17, 15) is 14.4 Å². The van der Waals surface area contributed by atoms with E-state index in [0.717, 1.165) is 5.56 Å². The normalized spacial score (nSPS) is 10.2. The van der Waals surface area contributed by atoms with Gasteiger partial charge in [-0.3, -0.25) is 14.4 Å². The minimum atomic E-state index is -0.233. The first kappa shape index (κ1) is 20.8. The molecule has 0 saturated carbocycles. The van der Waals surface area contributed by atoms with E-state index in [4.69, 9.17) is 0 Å². The van der Waals surface area contributed by atoms with E-state index in [1.165, 1.54) is 6.92 Å². The molecule has 3 N–H and O–H groups in total. The van der Waals surface area contributed by atoms with Gasteiger partial charge in [0, 0.05) is 29.5 Å². The van der Waals surface area contributed by atoms with Crippen molar-refractivity contribution in [2.75, 3.05) is 16.0 Å². The lowest BCUT2D eigenvalue weighted by Crippen LogP contribution is -2.18. The molecule has 0 aliphatic carbocycles. The largest absolute Gasteiger partial charge is 0.326 e. The van der Waals surface area contributed by atoms with Crippen LogP contribution in [0.4, 0.5) is 17.1 Å². The second kappa shape index (κ2) is 9.52. The molecular formula is C24H23N3O3. The molecule has 0 aromatic heterocycles. The highest BCUT2D eigenvalue weighted by molar-refractivity contribution is 6.07. The van der Waals surface area contributed by atoms with Crippen LogP contribution in [-0.4, -0.2) is 17.7 Å². The van der Waals surface area contributed by atoms with Crippen LogP contribution in [0.25, 0.3) is 0 Å². The van der Waals surface area contributed by atoms with Crippen LogP contribution in [0.2, 0.25) is 0 Å². The molecule has 0 atom stereocenters. The molecular weight excluding hydrogens is 378 g/mol. The van der Waals surface area contributed by atoms with Crippen LogP contribution in [0, 0.1) is 6.92 Å². The minimum Gasteiger partial charge on any atom is -0.326 e. The van der Waals surface area contributed by atoms with Crippen LogP contribution < -0.4 is 16.0 Å². The number of rotatable bonds is 6. The van der Waals surface area contributed by atoms with E-state index in [0.29, 0.717) is 28.2 Å². The fourth-order valence-electron chi connectivity index (χ4n) is 3.03. The molecule has 6 heteroatoms. The Kier molecular flexibility index (Phi) is 6.60. The maximum atomic E-state index is 12.6. The van der Waals surface area contributed by atoms with Gasteiger partial charge in [-0.05, 0) is 54.4 Å². The first-order valence-corrected chi connectivity index (χ1v) is 9.55. The van der Waals surface area contributed by atoms with Crippen LogP contribution in [0.3, 0.4) is 0 Å². The van der Waals surface area contributed by atoms with Gasteiger partial charge in [0.15, 0.2) is 0 Å². The van der Waals surface area contributed by atoms with Crippen molar-refractivity contribution < 1.29 is 14.4 Å². The fourth-order valence-corrected chi connectivity index (χ4v) is 3.03. The van der Waals surface area contributed by atoms with E-state index in [-0.39, 0.29) is 24.1 Å². The molecule has 3 rings (SSSR count). The summed E-state index contributed by atoms with van der Waals surface area (Å²) in [6.45, 7) is 3.25. The average molecular weight is 401 g/mol. The zero-order chi connectivity index (χ0) is 21.5. The van der Waals surface area contributed by atoms with E-state index in [1.807, 2.05) is 30.3 Å². The van der Waals surface area contributed by atoms with Gasteiger partial charge in [-0.25, -0.2) is 0 Å². The summed E-state index contributed by atoms with van der Waals surface area (Å²) in [5, 5.41) is 8.42. The molecule has 3 aromatic rings. The number of hydrogen-bond donors (Lipinski definition) is 3. The van der Waals surface area contributed by atoms with E-state index < -0.39 is 0 Å². The smallest absolute Gasteiger partial charge is 0.256 e. The Morgan fingerprint density at radius 2 is 1.40 bits per heavy atom. The maximum Gasteiger partial charge on any atom is 0.256 e. The highest BCUT2D eigenvalue weighted by atomic mass is 16.2. The van der Waals surface area contributed by atoms with Gasteiger partial charge in [0.2, 0.25) is 11.8 Å². The number of anilines is 3. The van der Waals surface area contributed by atoms with Crippen molar-refractivity contribution in [3.63, 3.8) is 0 Å². The quantitative estimate of drug-likeness (QED) is 0.573. The molecule has 0 saturated heterocycles. The van der Waals surface area contributed by atoms with Gasteiger partial charge in [-0.1, -0.05) is 36.4 Å². The Bertz CT molecular complexity index is 1060. The summed E-state index contributed by atoms with van der Waals surface area (Å²) in [4.78, 5) is 36.2. The number of hydrogen-bond acceptors (Lipinski definition) is 3. The molecule has 0 heterocycles. The second-order valence-corrected chi connectivity index (χ2v) is 6.90. The lowest BCUT2D eigenvalue weighted by atomic mass is 10.1. The van der Waals surface area contributed by atoms with Crippen LogP contribution in [0.15, 0.2) is 72.8 Å². The lowest BCUT2D eigenvalue weighted by Gasteiger charge is -2.13. The third kappa shape index (κ3) is 5.54. The highest BCUT2D eigenvalue weighted by Gasteiger charge is 2.14. The fraction of sp³-hybridized carbons (Fsp3) is 0.125. The molecule has 0 radical (unpaired) electrons. The van der Waals surface area contributed by atoms with E-state index >= 15 is 0 Å². The number of carbonyl (C=O) groups excluding carboxylic acids is 3. The molecule has 0 bridgehead atoms. The molecule has 0 aliphatic heterocycles. The predicted octanol–water partition coefficient (Wildman–Crippen LogP) is 4.39. The van der Waals surface area contributed by atoms with E-state index in [1.54, 1.807) is 49.4 Å². The van der Waals surface area contributed by atoms with Crippen LogP contribution in [-0.2, 0) is 16.0 Å². The van der Waals surface area contributed by atoms with Gasteiger partial charge < -0.3 is 16.0 Å². The number of carbonyl (C=O) groups is 3. The van der Waals surface area contributed by atoms with Gasteiger partial charge in [-0.15, -0.1) is 0 Å². The number of benzene rings is 3. The Labute approximate surface area is 175 Å². The van der Waals surface area contributed by atoms with Crippen molar-refractivity contribution in [3.8, 4) is 0 Å². The first-order chi connectivity index (χ1) is 14.4.